The van der Waals surface area contributed by atoms with Crippen LogP contribution in [0.5, 0.6) is 0 Å². The van der Waals surface area contributed by atoms with Crippen LogP contribution in [0.2, 0.25) is 0 Å². The lowest BCUT2D eigenvalue weighted by Gasteiger charge is -2.26. The summed E-state index contributed by atoms with van der Waals surface area (Å²) in [4.78, 5) is 22.5. The molecule has 1 unspecified atom stereocenters. The Morgan fingerprint density at radius 2 is 1.88 bits per heavy atom. The van der Waals surface area contributed by atoms with Gasteiger partial charge in [-0.1, -0.05) is 44.2 Å². The van der Waals surface area contributed by atoms with E-state index in [1.54, 1.807) is 0 Å². The number of ether oxygens (including phenoxy) is 1. The van der Waals surface area contributed by atoms with Crippen molar-refractivity contribution in [3.63, 3.8) is 0 Å². The van der Waals surface area contributed by atoms with Crippen LogP contribution in [0.25, 0.3) is 0 Å². The van der Waals surface area contributed by atoms with Crippen LogP contribution in [0, 0.1) is 5.92 Å². The van der Waals surface area contributed by atoms with E-state index in [1.165, 1.54) is 5.56 Å². The Hall–Kier alpha value is -1.64. The van der Waals surface area contributed by atoms with E-state index in [2.05, 4.69) is 18.6 Å². The highest BCUT2D eigenvalue weighted by atomic mass is 16.6. The van der Waals surface area contributed by atoms with E-state index in [0.717, 1.165) is 0 Å². The van der Waals surface area contributed by atoms with Crippen molar-refractivity contribution in [1.29, 1.82) is 0 Å². The number of esters is 2. The summed E-state index contributed by atoms with van der Waals surface area (Å²) in [5.41, 5.74) is 1.04. The molecule has 0 spiro atoms. The third kappa shape index (κ3) is 2.54. The first-order chi connectivity index (χ1) is 7.99. The summed E-state index contributed by atoms with van der Waals surface area (Å²) in [7, 11) is 0. The van der Waals surface area contributed by atoms with Crippen molar-refractivity contribution in [3.8, 4) is 0 Å². The molecule has 1 fully saturated rings. The third-order valence-electron chi connectivity index (χ3n) is 3.27. The summed E-state index contributed by atoms with van der Waals surface area (Å²) in [5, 5.41) is 0. The Labute approximate surface area is 101 Å². The molecule has 0 N–H and O–H groups in total. The Kier molecular flexibility index (Phi) is 3.01. The minimum atomic E-state index is -0.399. The number of carbonyl (C=O) groups excluding carboxylic acids is 2. The van der Waals surface area contributed by atoms with Crippen molar-refractivity contribution in [3.05, 3.63) is 35.9 Å². The second kappa shape index (κ2) is 4.32. The van der Waals surface area contributed by atoms with E-state index in [4.69, 9.17) is 0 Å². The Morgan fingerprint density at radius 3 is 2.41 bits per heavy atom. The topological polar surface area (TPSA) is 43.4 Å². The van der Waals surface area contributed by atoms with Crippen molar-refractivity contribution < 1.29 is 14.3 Å². The average molecular weight is 232 g/mol. The minimum absolute atomic E-state index is 0.129. The molecule has 1 aromatic carbocycles. The van der Waals surface area contributed by atoms with Gasteiger partial charge in [0.15, 0.2) is 0 Å². The molecule has 1 heterocycles. The molecule has 0 amide bonds. The highest BCUT2D eigenvalue weighted by molar-refractivity contribution is 5.94. The van der Waals surface area contributed by atoms with E-state index < -0.39 is 5.97 Å². The molecule has 1 aliphatic heterocycles. The molecule has 0 aliphatic carbocycles. The molecule has 0 bridgehead atoms. The van der Waals surface area contributed by atoms with E-state index >= 15 is 0 Å². The van der Waals surface area contributed by atoms with Gasteiger partial charge in [0.1, 0.15) is 0 Å². The molecule has 3 heteroatoms. The Bertz CT molecular complexity index is 434. The first-order valence-corrected chi connectivity index (χ1v) is 5.79. The monoisotopic (exact) mass is 232 g/mol. The highest BCUT2D eigenvalue weighted by Crippen LogP contribution is 2.34. The molecule has 1 aliphatic rings. The maximum atomic E-state index is 11.5. The van der Waals surface area contributed by atoms with Gasteiger partial charge < -0.3 is 4.74 Å². The number of carbonyl (C=O) groups is 2. The summed E-state index contributed by atoms with van der Waals surface area (Å²) >= 11 is 0. The summed E-state index contributed by atoms with van der Waals surface area (Å²) in [6.07, 6.45) is 0.858. The SMILES string of the molecule is CC(C)(CC1CC(=O)OC1=O)c1ccccc1. The fourth-order valence-corrected chi connectivity index (χ4v) is 2.30. The molecule has 90 valence electrons. The molecule has 2 rings (SSSR count). The van der Waals surface area contributed by atoms with Crippen molar-refractivity contribution in [2.75, 3.05) is 0 Å². The zero-order valence-electron chi connectivity index (χ0n) is 10.1. The quantitative estimate of drug-likeness (QED) is 0.594. The van der Waals surface area contributed by atoms with Crippen LogP contribution >= 0.6 is 0 Å². The van der Waals surface area contributed by atoms with Gasteiger partial charge in [0.25, 0.3) is 0 Å². The summed E-state index contributed by atoms with van der Waals surface area (Å²) in [5.74, 6) is -1.07. The number of rotatable bonds is 3. The van der Waals surface area contributed by atoms with Crippen LogP contribution in [0.15, 0.2) is 30.3 Å². The van der Waals surface area contributed by atoms with Gasteiger partial charge in [0.2, 0.25) is 0 Å². The molecule has 17 heavy (non-hydrogen) atoms. The minimum Gasteiger partial charge on any atom is -0.393 e. The van der Waals surface area contributed by atoms with Gasteiger partial charge in [0.05, 0.1) is 12.3 Å². The molecule has 0 aromatic heterocycles. The molecule has 0 saturated carbocycles. The van der Waals surface area contributed by atoms with Gasteiger partial charge in [-0.15, -0.1) is 0 Å². The molecule has 3 nitrogen and oxygen atoms in total. The zero-order chi connectivity index (χ0) is 12.5. The molecule has 0 radical (unpaired) electrons. The van der Waals surface area contributed by atoms with Crippen molar-refractivity contribution in [2.24, 2.45) is 5.92 Å². The van der Waals surface area contributed by atoms with Crippen LogP contribution in [0.1, 0.15) is 32.3 Å². The largest absolute Gasteiger partial charge is 0.393 e. The lowest BCUT2D eigenvalue weighted by molar-refractivity contribution is -0.153. The number of cyclic esters (lactones) is 2. The van der Waals surface area contributed by atoms with E-state index in [9.17, 15) is 9.59 Å². The summed E-state index contributed by atoms with van der Waals surface area (Å²) in [6, 6.07) is 10.0. The maximum Gasteiger partial charge on any atom is 0.317 e. The fraction of sp³-hybridized carbons (Fsp3) is 0.429. The Balaban J connectivity index is 2.13. The van der Waals surface area contributed by atoms with Crippen LogP contribution in [-0.2, 0) is 19.7 Å². The van der Waals surface area contributed by atoms with Gasteiger partial charge in [-0.25, -0.2) is 0 Å². The standard InChI is InChI=1S/C14H16O3/c1-14(2,11-6-4-3-5-7-11)9-10-8-12(15)17-13(10)16/h3-7,10H,8-9H2,1-2H3. The normalized spacial score (nSPS) is 20.5. The first kappa shape index (κ1) is 11.8. The summed E-state index contributed by atoms with van der Waals surface area (Å²) < 4.78 is 4.58. The molecular formula is C14H16O3. The van der Waals surface area contributed by atoms with Crippen molar-refractivity contribution in [1.82, 2.24) is 0 Å². The lowest BCUT2D eigenvalue weighted by atomic mass is 9.77. The van der Waals surface area contributed by atoms with Gasteiger partial charge in [-0.3, -0.25) is 9.59 Å². The second-order valence-electron chi connectivity index (χ2n) is 5.15. The van der Waals surface area contributed by atoms with Gasteiger partial charge in [0, 0.05) is 0 Å². The smallest absolute Gasteiger partial charge is 0.317 e. The van der Waals surface area contributed by atoms with Crippen LogP contribution in [-0.4, -0.2) is 11.9 Å². The number of hydrogen-bond acceptors (Lipinski definition) is 3. The number of hydrogen-bond donors (Lipinski definition) is 0. The Morgan fingerprint density at radius 1 is 1.24 bits per heavy atom. The van der Waals surface area contributed by atoms with Gasteiger partial charge in [-0.05, 0) is 17.4 Å². The van der Waals surface area contributed by atoms with E-state index in [0.29, 0.717) is 6.42 Å². The fourth-order valence-electron chi connectivity index (χ4n) is 2.30. The molecule has 1 atom stereocenters. The number of benzene rings is 1. The van der Waals surface area contributed by atoms with Crippen LogP contribution in [0.3, 0.4) is 0 Å². The van der Waals surface area contributed by atoms with Crippen LogP contribution < -0.4 is 0 Å². The molecular weight excluding hydrogens is 216 g/mol. The van der Waals surface area contributed by atoms with E-state index in [1.807, 2.05) is 30.3 Å². The molecule has 1 saturated heterocycles. The lowest BCUT2D eigenvalue weighted by Crippen LogP contribution is -2.23. The zero-order valence-corrected chi connectivity index (χ0v) is 10.1. The second-order valence-corrected chi connectivity index (χ2v) is 5.15. The first-order valence-electron chi connectivity index (χ1n) is 5.79. The van der Waals surface area contributed by atoms with E-state index in [-0.39, 0.29) is 23.7 Å². The maximum absolute atomic E-state index is 11.5. The highest BCUT2D eigenvalue weighted by Gasteiger charge is 2.37. The van der Waals surface area contributed by atoms with Gasteiger partial charge >= 0.3 is 11.9 Å². The summed E-state index contributed by atoms with van der Waals surface area (Å²) in [6.45, 7) is 4.16. The predicted molar refractivity (Wildman–Crippen MR) is 63.3 cm³/mol. The molecule has 1 aromatic rings. The van der Waals surface area contributed by atoms with Crippen molar-refractivity contribution >= 4 is 11.9 Å². The van der Waals surface area contributed by atoms with Crippen LogP contribution in [0.4, 0.5) is 0 Å². The third-order valence-corrected chi connectivity index (χ3v) is 3.27. The van der Waals surface area contributed by atoms with Crippen molar-refractivity contribution in [2.45, 2.75) is 32.1 Å². The average Bonchev–Trinajstić information content (AvgIpc) is 2.58. The predicted octanol–water partition coefficient (Wildman–Crippen LogP) is 2.44. The van der Waals surface area contributed by atoms with Gasteiger partial charge in [-0.2, -0.15) is 0 Å².